The molecule has 1 unspecified atom stereocenters. The number of nitriles is 1. The molecule has 8 heteroatoms. The molecular weight excluding hydrogens is 407 g/mol. The lowest BCUT2D eigenvalue weighted by atomic mass is 9.87. The zero-order valence-electron chi connectivity index (χ0n) is 18.4. The molecule has 7 nitrogen and oxygen atoms in total. The maximum atomic E-state index is 14.1. The van der Waals surface area contributed by atoms with E-state index in [4.69, 9.17) is 11.0 Å². The van der Waals surface area contributed by atoms with Crippen LogP contribution < -0.4 is 16.0 Å². The molecule has 1 saturated heterocycles. The number of piperidine rings is 1. The van der Waals surface area contributed by atoms with Crippen LogP contribution in [-0.4, -0.2) is 35.0 Å². The van der Waals surface area contributed by atoms with Crippen LogP contribution in [0.15, 0.2) is 24.3 Å². The molecule has 1 aliphatic heterocycles. The maximum Gasteiger partial charge on any atom is 0.225 e. The highest BCUT2D eigenvalue weighted by Gasteiger charge is 2.29. The first-order valence-corrected chi connectivity index (χ1v) is 11.3. The van der Waals surface area contributed by atoms with Crippen molar-refractivity contribution in [2.45, 2.75) is 51.5 Å². The second-order valence-corrected chi connectivity index (χ2v) is 9.03. The second-order valence-electron chi connectivity index (χ2n) is 9.03. The van der Waals surface area contributed by atoms with Gasteiger partial charge in [0.05, 0.1) is 17.2 Å². The standard InChI is InChI=1S/C24H29FN6O/c1-15-4-8-19(9-5-15)28-23(32)18-3-2-10-31(14-18)22-12-21(29-24(27)30-22)16-6-7-17(13-26)20(25)11-16/h6-7,11-12,15,18-19H,2-5,8-10,14H2,1H3,(H,28,32)(H2,27,29,30). The fraction of sp³-hybridized carbons (Fsp3) is 0.500. The Hall–Kier alpha value is -3.21. The predicted molar refractivity (Wildman–Crippen MR) is 121 cm³/mol. The van der Waals surface area contributed by atoms with Crippen molar-refractivity contribution in [2.24, 2.45) is 11.8 Å². The topological polar surface area (TPSA) is 108 Å². The van der Waals surface area contributed by atoms with Gasteiger partial charge in [-0.05, 0) is 56.6 Å². The summed E-state index contributed by atoms with van der Waals surface area (Å²) in [6.07, 6.45) is 6.16. The van der Waals surface area contributed by atoms with Crippen molar-refractivity contribution < 1.29 is 9.18 Å². The average molecular weight is 437 g/mol. The molecule has 3 N–H and O–H groups in total. The van der Waals surface area contributed by atoms with Crippen LogP contribution in [0.2, 0.25) is 0 Å². The molecule has 1 aromatic heterocycles. The van der Waals surface area contributed by atoms with E-state index in [1.165, 1.54) is 25.0 Å². The van der Waals surface area contributed by atoms with Gasteiger partial charge in [-0.15, -0.1) is 0 Å². The molecule has 0 bridgehead atoms. The smallest absolute Gasteiger partial charge is 0.225 e. The Balaban J connectivity index is 1.48. The fourth-order valence-corrected chi connectivity index (χ4v) is 4.65. The van der Waals surface area contributed by atoms with Crippen molar-refractivity contribution in [3.05, 3.63) is 35.6 Å². The summed E-state index contributed by atoms with van der Waals surface area (Å²) in [7, 11) is 0. The SMILES string of the molecule is CC1CCC(NC(=O)C2CCCN(c3cc(-c4ccc(C#N)c(F)c4)nc(N)n3)C2)CC1. The summed E-state index contributed by atoms with van der Waals surface area (Å²) in [5, 5.41) is 12.2. The Kier molecular flexibility index (Phi) is 6.54. The molecule has 1 atom stereocenters. The fourth-order valence-electron chi connectivity index (χ4n) is 4.65. The molecule has 2 aliphatic rings. The number of carbonyl (C=O) groups excluding carboxylic acids is 1. The van der Waals surface area contributed by atoms with Gasteiger partial charge in [0.25, 0.3) is 0 Å². The van der Waals surface area contributed by atoms with Crippen molar-refractivity contribution >= 4 is 17.7 Å². The molecular formula is C24H29FN6O. The van der Waals surface area contributed by atoms with Gasteiger partial charge < -0.3 is 16.0 Å². The van der Waals surface area contributed by atoms with Crippen LogP contribution >= 0.6 is 0 Å². The first-order valence-electron chi connectivity index (χ1n) is 11.3. The van der Waals surface area contributed by atoms with Gasteiger partial charge in [0, 0.05) is 30.8 Å². The summed E-state index contributed by atoms with van der Waals surface area (Å²) in [5.74, 6) is 0.873. The summed E-state index contributed by atoms with van der Waals surface area (Å²) in [4.78, 5) is 23.6. The van der Waals surface area contributed by atoms with E-state index in [-0.39, 0.29) is 29.4 Å². The van der Waals surface area contributed by atoms with Crippen LogP contribution in [0.1, 0.15) is 51.0 Å². The second kappa shape index (κ2) is 9.51. The predicted octanol–water partition coefficient (Wildman–Crippen LogP) is 3.65. The lowest BCUT2D eigenvalue weighted by molar-refractivity contribution is -0.126. The van der Waals surface area contributed by atoms with Crippen LogP contribution in [0.25, 0.3) is 11.3 Å². The van der Waals surface area contributed by atoms with Gasteiger partial charge >= 0.3 is 0 Å². The summed E-state index contributed by atoms with van der Waals surface area (Å²) in [6, 6.07) is 8.21. The zero-order valence-corrected chi connectivity index (χ0v) is 18.4. The Bertz CT molecular complexity index is 1030. The van der Waals surface area contributed by atoms with Crippen molar-refractivity contribution in [3.8, 4) is 17.3 Å². The minimum Gasteiger partial charge on any atom is -0.368 e. The molecule has 2 fully saturated rings. The molecule has 32 heavy (non-hydrogen) atoms. The lowest BCUT2D eigenvalue weighted by Gasteiger charge is -2.34. The molecule has 2 heterocycles. The van der Waals surface area contributed by atoms with E-state index >= 15 is 0 Å². The first kappa shape index (κ1) is 22.0. The Morgan fingerprint density at radius 3 is 2.72 bits per heavy atom. The van der Waals surface area contributed by atoms with E-state index in [1.807, 2.05) is 6.07 Å². The van der Waals surface area contributed by atoms with E-state index in [9.17, 15) is 9.18 Å². The molecule has 0 radical (unpaired) electrons. The van der Waals surface area contributed by atoms with Crippen LogP contribution in [-0.2, 0) is 4.79 Å². The van der Waals surface area contributed by atoms with Crippen LogP contribution in [0, 0.1) is 29.0 Å². The van der Waals surface area contributed by atoms with Crippen LogP contribution in [0.5, 0.6) is 0 Å². The maximum absolute atomic E-state index is 14.1. The molecule has 2 aromatic rings. The lowest BCUT2D eigenvalue weighted by Crippen LogP contribution is -2.47. The van der Waals surface area contributed by atoms with E-state index < -0.39 is 5.82 Å². The normalized spacial score (nSPS) is 23.4. The van der Waals surface area contributed by atoms with Crippen LogP contribution in [0.3, 0.4) is 0 Å². The minimum absolute atomic E-state index is 0.0201. The van der Waals surface area contributed by atoms with Crippen molar-refractivity contribution in [2.75, 3.05) is 23.7 Å². The third-order valence-corrected chi connectivity index (χ3v) is 6.59. The minimum atomic E-state index is -0.601. The van der Waals surface area contributed by atoms with Gasteiger partial charge in [0.1, 0.15) is 17.7 Å². The third kappa shape index (κ3) is 4.98. The van der Waals surface area contributed by atoms with Gasteiger partial charge in [0.2, 0.25) is 11.9 Å². The number of benzene rings is 1. The number of nitrogens with one attached hydrogen (secondary N) is 1. The number of halogens is 1. The van der Waals surface area contributed by atoms with E-state index in [2.05, 4.69) is 27.1 Å². The average Bonchev–Trinajstić information content (AvgIpc) is 2.80. The summed E-state index contributed by atoms with van der Waals surface area (Å²) >= 11 is 0. The molecule has 1 aromatic carbocycles. The number of aromatic nitrogens is 2. The van der Waals surface area contributed by atoms with Crippen LogP contribution in [0.4, 0.5) is 16.2 Å². The third-order valence-electron chi connectivity index (χ3n) is 6.59. The zero-order chi connectivity index (χ0) is 22.7. The van der Waals surface area contributed by atoms with Crippen molar-refractivity contribution in [3.63, 3.8) is 0 Å². The number of nitrogens with zero attached hydrogens (tertiary/aromatic N) is 4. The number of nitrogen functional groups attached to an aromatic ring is 1. The van der Waals surface area contributed by atoms with Gasteiger partial charge in [-0.1, -0.05) is 13.0 Å². The number of rotatable bonds is 4. The highest BCUT2D eigenvalue weighted by Crippen LogP contribution is 2.28. The monoisotopic (exact) mass is 436 g/mol. The van der Waals surface area contributed by atoms with E-state index in [1.54, 1.807) is 12.1 Å². The highest BCUT2D eigenvalue weighted by atomic mass is 19.1. The number of hydrogen-bond acceptors (Lipinski definition) is 6. The molecule has 1 amide bonds. The molecule has 1 aliphatic carbocycles. The van der Waals surface area contributed by atoms with Crippen molar-refractivity contribution in [1.29, 1.82) is 5.26 Å². The summed E-state index contributed by atoms with van der Waals surface area (Å²) < 4.78 is 14.1. The number of carbonyl (C=O) groups is 1. The quantitative estimate of drug-likeness (QED) is 0.757. The van der Waals surface area contributed by atoms with Gasteiger partial charge in [-0.2, -0.15) is 10.2 Å². The number of anilines is 2. The largest absolute Gasteiger partial charge is 0.368 e. The summed E-state index contributed by atoms with van der Waals surface area (Å²) in [6.45, 7) is 3.60. The Morgan fingerprint density at radius 1 is 1.22 bits per heavy atom. The first-order chi connectivity index (χ1) is 15.4. The van der Waals surface area contributed by atoms with Crippen molar-refractivity contribution in [1.82, 2.24) is 15.3 Å². The molecule has 4 rings (SSSR count). The number of amides is 1. The Labute approximate surface area is 187 Å². The highest BCUT2D eigenvalue weighted by molar-refractivity contribution is 5.80. The molecule has 0 spiro atoms. The Morgan fingerprint density at radius 2 is 2.00 bits per heavy atom. The van der Waals surface area contributed by atoms with Gasteiger partial charge in [-0.3, -0.25) is 4.79 Å². The van der Waals surface area contributed by atoms with Gasteiger partial charge in [-0.25, -0.2) is 9.37 Å². The number of hydrogen-bond donors (Lipinski definition) is 2. The van der Waals surface area contributed by atoms with E-state index in [0.29, 0.717) is 23.6 Å². The van der Waals surface area contributed by atoms with Gasteiger partial charge in [0.15, 0.2) is 0 Å². The molecule has 168 valence electrons. The molecule has 1 saturated carbocycles. The van der Waals surface area contributed by atoms with E-state index in [0.717, 1.165) is 38.1 Å². The summed E-state index contributed by atoms with van der Waals surface area (Å²) in [5.41, 5.74) is 6.94. The number of nitrogens with two attached hydrogens (primary N) is 1.